The van der Waals surface area contributed by atoms with Gasteiger partial charge in [0.15, 0.2) is 0 Å². The first kappa shape index (κ1) is 16.8. The van der Waals surface area contributed by atoms with E-state index in [9.17, 15) is 4.79 Å². The quantitative estimate of drug-likeness (QED) is 0.790. The van der Waals surface area contributed by atoms with Gasteiger partial charge in [0.05, 0.1) is 11.8 Å². The van der Waals surface area contributed by atoms with E-state index in [2.05, 4.69) is 20.5 Å². The largest absolute Gasteiger partial charge is 0.349 e. The molecule has 1 amide bonds. The van der Waals surface area contributed by atoms with Crippen molar-refractivity contribution in [1.29, 1.82) is 0 Å². The Bertz CT molecular complexity index is 644. The second kappa shape index (κ2) is 7.65. The van der Waals surface area contributed by atoms with Crippen LogP contribution in [0.25, 0.3) is 0 Å². The lowest BCUT2D eigenvalue weighted by Gasteiger charge is -2.15. The Morgan fingerprint density at radius 2 is 2.09 bits per heavy atom. The van der Waals surface area contributed by atoms with Gasteiger partial charge in [-0.1, -0.05) is 55.4 Å². The number of amides is 1. The number of rotatable bonds is 6. The lowest BCUT2D eigenvalue weighted by atomic mass is 10.1. The third-order valence-electron chi connectivity index (χ3n) is 3.11. The van der Waals surface area contributed by atoms with Crippen molar-refractivity contribution in [2.75, 3.05) is 5.75 Å². The van der Waals surface area contributed by atoms with Gasteiger partial charge in [-0.2, -0.15) is 0 Å². The SMILES string of the molecule is CC(C)c1nc(SCC(=O)NC(C)c2ccccc2Cl)n[nH]1. The molecule has 118 valence electrons. The van der Waals surface area contributed by atoms with Gasteiger partial charge < -0.3 is 5.32 Å². The van der Waals surface area contributed by atoms with Crippen molar-refractivity contribution in [2.24, 2.45) is 0 Å². The summed E-state index contributed by atoms with van der Waals surface area (Å²) in [6.45, 7) is 5.98. The minimum absolute atomic E-state index is 0.0756. The average Bonchev–Trinajstić information content (AvgIpc) is 2.94. The highest BCUT2D eigenvalue weighted by molar-refractivity contribution is 7.99. The molecule has 0 bridgehead atoms. The van der Waals surface area contributed by atoms with E-state index in [1.54, 1.807) is 0 Å². The molecule has 0 saturated heterocycles. The normalized spacial score (nSPS) is 12.4. The molecule has 0 aliphatic carbocycles. The first-order chi connectivity index (χ1) is 10.5. The van der Waals surface area contributed by atoms with E-state index in [1.807, 2.05) is 45.0 Å². The summed E-state index contributed by atoms with van der Waals surface area (Å²) in [5.74, 6) is 1.31. The zero-order valence-corrected chi connectivity index (χ0v) is 14.3. The number of thioether (sulfide) groups is 1. The average molecular weight is 339 g/mol. The molecule has 0 aliphatic heterocycles. The molecule has 1 atom stereocenters. The van der Waals surface area contributed by atoms with Crippen LogP contribution >= 0.6 is 23.4 Å². The van der Waals surface area contributed by atoms with Gasteiger partial charge in [0.2, 0.25) is 11.1 Å². The van der Waals surface area contributed by atoms with Crippen LogP contribution < -0.4 is 5.32 Å². The Labute approximate surface area is 139 Å². The lowest BCUT2D eigenvalue weighted by molar-refractivity contribution is -0.119. The fourth-order valence-electron chi connectivity index (χ4n) is 1.90. The molecule has 0 aliphatic rings. The number of aromatic amines is 1. The highest BCUT2D eigenvalue weighted by atomic mass is 35.5. The number of nitrogens with one attached hydrogen (secondary N) is 2. The number of halogens is 1. The molecule has 2 aromatic rings. The second-order valence-electron chi connectivity index (χ2n) is 5.26. The fourth-order valence-corrected chi connectivity index (χ4v) is 2.81. The molecular weight excluding hydrogens is 320 g/mol. The summed E-state index contributed by atoms with van der Waals surface area (Å²) in [4.78, 5) is 16.3. The number of carbonyl (C=O) groups excluding carboxylic acids is 1. The maximum atomic E-state index is 12.0. The third kappa shape index (κ3) is 4.48. The van der Waals surface area contributed by atoms with Gasteiger partial charge >= 0.3 is 0 Å². The monoisotopic (exact) mass is 338 g/mol. The number of aromatic nitrogens is 3. The van der Waals surface area contributed by atoms with Crippen molar-refractivity contribution < 1.29 is 4.79 Å². The lowest BCUT2D eigenvalue weighted by Crippen LogP contribution is -2.28. The summed E-state index contributed by atoms with van der Waals surface area (Å²) in [5, 5.41) is 11.1. The standard InChI is InChI=1S/C15H19ClN4OS/c1-9(2)14-18-15(20-19-14)22-8-13(21)17-10(3)11-6-4-5-7-12(11)16/h4-7,9-10H,8H2,1-3H3,(H,17,21)(H,18,19,20). The first-order valence-corrected chi connectivity index (χ1v) is 8.42. The minimum Gasteiger partial charge on any atom is -0.349 e. The minimum atomic E-state index is -0.139. The highest BCUT2D eigenvalue weighted by Crippen LogP contribution is 2.22. The first-order valence-electron chi connectivity index (χ1n) is 7.06. The Kier molecular flexibility index (Phi) is 5.85. The van der Waals surface area contributed by atoms with Gasteiger partial charge in [-0.3, -0.25) is 9.89 Å². The molecule has 0 radical (unpaired) electrons. The molecule has 22 heavy (non-hydrogen) atoms. The van der Waals surface area contributed by atoms with Crippen LogP contribution in [0.3, 0.4) is 0 Å². The van der Waals surface area contributed by atoms with Gasteiger partial charge in [0.25, 0.3) is 0 Å². The predicted molar refractivity (Wildman–Crippen MR) is 89.2 cm³/mol. The summed E-state index contributed by atoms with van der Waals surface area (Å²) >= 11 is 7.44. The van der Waals surface area contributed by atoms with Crippen molar-refractivity contribution in [2.45, 2.75) is 37.9 Å². The molecule has 5 nitrogen and oxygen atoms in total. The number of nitrogens with zero attached hydrogens (tertiary/aromatic N) is 2. The molecule has 2 rings (SSSR count). The Morgan fingerprint density at radius 1 is 1.36 bits per heavy atom. The van der Waals surface area contributed by atoms with Crippen molar-refractivity contribution in [1.82, 2.24) is 20.5 Å². The predicted octanol–water partition coefficient (Wildman–Crippen LogP) is 3.55. The Hall–Kier alpha value is -1.53. The van der Waals surface area contributed by atoms with E-state index >= 15 is 0 Å². The Morgan fingerprint density at radius 3 is 2.73 bits per heavy atom. The summed E-state index contributed by atoms with van der Waals surface area (Å²) in [5.41, 5.74) is 0.905. The second-order valence-corrected chi connectivity index (χ2v) is 6.61. The van der Waals surface area contributed by atoms with E-state index in [0.29, 0.717) is 10.2 Å². The van der Waals surface area contributed by atoms with E-state index in [4.69, 9.17) is 11.6 Å². The molecule has 1 heterocycles. The maximum Gasteiger partial charge on any atom is 0.230 e. The summed E-state index contributed by atoms with van der Waals surface area (Å²) in [6.07, 6.45) is 0. The van der Waals surface area contributed by atoms with Crippen LogP contribution in [0.1, 0.15) is 44.1 Å². The molecular formula is C15H19ClN4OS. The van der Waals surface area contributed by atoms with E-state index in [1.165, 1.54) is 11.8 Å². The van der Waals surface area contributed by atoms with E-state index in [-0.39, 0.29) is 23.6 Å². The third-order valence-corrected chi connectivity index (χ3v) is 4.30. The number of benzene rings is 1. The van der Waals surface area contributed by atoms with Crippen LogP contribution in [-0.4, -0.2) is 26.8 Å². The molecule has 7 heteroatoms. The molecule has 1 aromatic heterocycles. The summed E-state index contributed by atoms with van der Waals surface area (Å²) in [6, 6.07) is 7.35. The molecule has 2 N–H and O–H groups in total. The van der Waals surface area contributed by atoms with Gasteiger partial charge in [-0.15, -0.1) is 5.10 Å². The van der Waals surface area contributed by atoms with Crippen LogP contribution in [0.15, 0.2) is 29.4 Å². The van der Waals surface area contributed by atoms with Crippen molar-refractivity contribution in [3.8, 4) is 0 Å². The van der Waals surface area contributed by atoms with Crippen LogP contribution in [0.4, 0.5) is 0 Å². The summed E-state index contributed by atoms with van der Waals surface area (Å²) in [7, 11) is 0. The Balaban J connectivity index is 1.86. The van der Waals surface area contributed by atoms with Crippen molar-refractivity contribution in [3.05, 3.63) is 40.7 Å². The zero-order chi connectivity index (χ0) is 16.1. The van der Waals surface area contributed by atoms with Gasteiger partial charge in [0, 0.05) is 10.9 Å². The van der Waals surface area contributed by atoms with Crippen LogP contribution in [0.2, 0.25) is 5.02 Å². The van der Waals surface area contributed by atoms with Crippen LogP contribution in [-0.2, 0) is 4.79 Å². The van der Waals surface area contributed by atoms with E-state index < -0.39 is 0 Å². The number of H-pyrrole nitrogens is 1. The van der Waals surface area contributed by atoms with Crippen LogP contribution in [0.5, 0.6) is 0 Å². The van der Waals surface area contributed by atoms with Crippen LogP contribution in [0, 0.1) is 0 Å². The van der Waals surface area contributed by atoms with Gasteiger partial charge in [-0.05, 0) is 18.6 Å². The molecule has 1 aromatic carbocycles. The number of carbonyl (C=O) groups is 1. The van der Waals surface area contributed by atoms with Gasteiger partial charge in [-0.25, -0.2) is 4.98 Å². The molecule has 0 saturated carbocycles. The smallest absolute Gasteiger partial charge is 0.230 e. The molecule has 1 unspecified atom stereocenters. The fraction of sp³-hybridized carbons (Fsp3) is 0.400. The number of hydrogen-bond donors (Lipinski definition) is 2. The molecule has 0 spiro atoms. The highest BCUT2D eigenvalue weighted by Gasteiger charge is 2.14. The van der Waals surface area contributed by atoms with Crippen molar-refractivity contribution in [3.63, 3.8) is 0 Å². The van der Waals surface area contributed by atoms with E-state index in [0.717, 1.165) is 11.4 Å². The zero-order valence-electron chi connectivity index (χ0n) is 12.8. The summed E-state index contributed by atoms with van der Waals surface area (Å²) < 4.78 is 0. The van der Waals surface area contributed by atoms with Gasteiger partial charge in [0.1, 0.15) is 5.82 Å². The topological polar surface area (TPSA) is 70.7 Å². The number of hydrogen-bond acceptors (Lipinski definition) is 4. The van der Waals surface area contributed by atoms with Crippen molar-refractivity contribution >= 4 is 29.3 Å². The molecule has 0 fully saturated rings. The maximum absolute atomic E-state index is 12.0.